The minimum Gasteiger partial charge on any atom is -0.492 e. The van der Waals surface area contributed by atoms with E-state index in [4.69, 9.17) is 9.84 Å². The molecule has 0 saturated carbocycles. The zero-order valence-electron chi connectivity index (χ0n) is 19.2. The van der Waals surface area contributed by atoms with Crippen LogP contribution in [0.2, 0.25) is 0 Å². The normalized spacial score (nSPS) is 11.3. The van der Waals surface area contributed by atoms with Crippen molar-refractivity contribution in [1.29, 1.82) is 0 Å². The maximum Gasteiger partial charge on any atom is 0.335 e. The Labute approximate surface area is 203 Å². The van der Waals surface area contributed by atoms with Crippen LogP contribution in [-0.4, -0.2) is 44.8 Å². The number of nitrogens with one attached hydrogen (secondary N) is 1. The first-order valence-corrected chi connectivity index (χ1v) is 12.1. The van der Waals surface area contributed by atoms with Gasteiger partial charge in [-0.2, -0.15) is 5.10 Å². The molecular weight excluding hydrogens is 470 g/mol. The minimum absolute atomic E-state index is 0.0317. The molecule has 10 heteroatoms. The Morgan fingerprint density at radius 3 is 2.31 bits per heavy atom. The second-order valence-electron chi connectivity index (χ2n) is 7.45. The highest BCUT2D eigenvalue weighted by Crippen LogP contribution is 2.32. The number of sulfonamides is 1. The number of benzene rings is 3. The molecule has 35 heavy (non-hydrogen) atoms. The summed E-state index contributed by atoms with van der Waals surface area (Å²) >= 11 is 0. The van der Waals surface area contributed by atoms with Crippen LogP contribution >= 0.6 is 0 Å². The van der Waals surface area contributed by atoms with Crippen molar-refractivity contribution in [1.82, 2.24) is 5.43 Å². The molecule has 0 heterocycles. The summed E-state index contributed by atoms with van der Waals surface area (Å²) in [5.74, 6) is -1.41. The summed E-state index contributed by atoms with van der Waals surface area (Å²) in [6.45, 7) is 3.39. The molecule has 0 aromatic heterocycles. The van der Waals surface area contributed by atoms with Gasteiger partial charge in [0.05, 0.1) is 29.0 Å². The molecule has 182 valence electrons. The van der Waals surface area contributed by atoms with Gasteiger partial charge in [-0.25, -0.2) is 18.6 Å². The van der Waals surface area contributed by atoms with Crippen molar-refractivity contribution in [3.8, 4) is 5.75 Å². The number of hydrazone groups is 1. The standard InChI is InChI=1S/C25H25N3O6S/c1-3-34-23-7-5-4-6-22(23)28(35(32,33)21-14-8-18(2)9-15-21)17-24(29)27-26-16-19-10-12-20(13-11-19)25(30)31/h4-16H,3,17H2,1-2H3,(H,27,29)(H,30,31)/b26-16-. The molecule has 2 N–H and O–H groups in total. The van der Waals surface area contributed by atoms with Crippen LogP contribution in [0.15, 0.2) is 82.8 Å². The largest absolute Gasteiger partial charge is 0.492 e. The third-order valence-electron chi connectivity index (χ3n) is 4.89. The topological polar surface area (TPSA) is 125 Å². The van der Waals surface area contributed by atoms with E-state index in [1.807, 2.05) is 6.92 Å². The first kappa shape index (κ1) is 25.4. The van der Waals surface area contributed by atoms with Crippen LogP contribution < -0.4 is 14.5 Å². The molecule has 3 aromatic rings. The molecule has 0 saturated heterocycles. The summed E-state index contributed by atoms with van der Waals surface area (Å²) in [5.41, 5.74) is 4.12. The van der Waals surface area contributed by atoms with Gasteiger partial charge in [0.25, 0.3) is 15.9 Å². The number of hydrogen-bond donors (Lipinski definition) is 2. The number of amides is 1. The number of para-hydroxylation sites is 2. The maximum absolute atomic E-state index is 13.5. The third kappa shape index (κ3) is 6.45. The van der Waals surface area contributed by atoms with E-state index in [1.165, 1.54) is 42.6 Å². The smallest absolute Gasteiger partial charge is 0.335 e. The summed E-state index contributed by atoms with van der Waals surface area (Å²) in [7, 11) is -4.11. The zero-order valence-corrected chi connectivity index (χ0v) is 20.0. The Kier molecular flexibility index (Phi) is 8.21. The van der Waals surface area contributed by atoms with E-state index in [9.17, 15) is 18.0 Å². The van der Waals surface area contributed by atoms with Crippen molar-refractivity contribution in [3.63, 3.8) is 0 Å². The van der Waals surface area contributed by atoms with Crippen molar-refractivity contribution in [2.24, 2.45) is 5.10 Å². The van der Waals surface area contributed by atoms with Gasteiger partial charge in [0.15, 0.2) is 0 Å². The van der Waals surface area contributed by atoms with Crippen LogP contribution in [0.4, 0.5) is 5.69 Å². The number of carbonyl (C=O) groups is 2. The van der Waals surface area contributed by atoms with Gasteiger partial charge in [-0.1, -0.05) is 42.0 Å². The van der Waals surface area contributed by atoms with Crippen LogP contribution in [0.1, 0.15) is 28.4 Å². The van der Waals surface area contributed by atoms with Crippen molar-refractivity contribution in [2.75, 3.05) is 17.5 Å². The lowest BCUT2D eigenvalue weighted by Crippen LogP contribution is -2.39. The van der Waals surface area contributed by atoms with Gasteiger partial charge in [0.1, 0.15) is 12.3 Å². The molecule has 0 fully saturated rings. The molecule has 0 aliphatic rings. The first-order valence-electron chi connectivity index (χ1n) is 10.7. The van der Waals surface area contributed by atoms with Gasteiger partial charge in [0, 0.05) is 0 Å². The van der Waals surface area contributed by atoms with Crippen molar-refractivity contribution in [2.45, 2.75) is 18.7 Å². The van der Waals surface area contributed by atoms with Crippen LogP contribution in [0.25, 0.3) is 0 Å². The van der Waals surface area contributed by atoms with Crippen LogP contribution in [0.5, 0.6) is 5.75 Å². The molecule has 0 aliphatic carbocycles. The summed E-state index contributed by atoms with van der Waals surface area (Å²) in [4.78, 5) is 23.7. The quantitative estimate of drug-likeness (QED) is 0.328. The number of anilines is 1. The van der Waals surface area contributed by atoms with Crippen LogP contribution in [-0.2, 0) is 14.8 Å². The summed E-state index contributed by atoms with van der Waals surface area (Å²) in [6.07, 6.45) is 1.33. The lowest BCUT2D eigenvalue weighted by molar-refractivity contribution is -0.119. The van der Waals surface area contributed by atoms with Crippen molar-refractivity contribution in [3.05, 3.63) is 89.5 Å². The van der Waals surface area contributed by atoms with Gasteiger partial charge >= 0.3 is 5.97 Å². The highest BCUT2D eigenvalue weighted by atomic mass is 32.2. The number of hydrogen-bond acceptors (Lipinski definition) is 6. The fraction of sp³-hybridized carbons (Fsp3) is 0.160. The van der Waals surface area contributed by atoms with Crippen molar-refractivity contribution >= 4 is 33.8 Å². The van der Waals surface area contributed by atoms with E-state index < -0.39 is 28.4 Å². The van der Waals surface area contributed by atoms with E-state index >= 15 is 0 Å². The number of carboxylic acids is 1. The third-order valence-corrected chi connectivity index (χ3v) is 6.66. The van der Waals surface area contributed by atoms with E-state index in [-0.39, 0.29) is 16.1 Å². The highest BCUT2D eigenvalue weighted by Gasteiger charge is 2.29. The van der Waals surface area contributed by atoms with Gasteiger partial charge < -0.3 is 9.84 Å². The second kappa shape index (κ2) is 11.3. The number of carbonyl (C=O) groups excluding carboxylic acids is 1. The lowest BCUT2D eigenvalue weighted by atomic mass is 10.1. The summed E-state index contributed by atoms with van der Waals surface area (Å²) in [6, 6.07) is 18.8. The van der Waals surface area contributed by atoms with Crippen LogP contribution in [0.3, 0.4) is 0 Å². The molecule has 3 rings (SSSR count). The number of ether oxygens (including phenoxy) is 1. The van der Waals surface area contributed by atoms with E-state index in [1.54, 1.807) is 43.3 Å². The second-order valence-corrected chi connectivity index (χ2v) is 9.31. The zero-order chi connectivity index (χ0) is 25.4. The summed E-state index contributed by atoms with van der Waals surface area (Å²) in [5, 5.41) is 12.8. The van der Waals surface area contributed by atoms with E-state index in [2.05, 4.69) is 10.5 Å². The minimum atomic E-state index is -4.11. The van der Waals surface area contributed by atoms with E-state index in [0.29, 0.717) is 17.9 Å². The molecule has 3 aromatic carbocycles. The Bertz CT molecular complexity index is 1320. The number of aromatic carboxylic acids is 1. The Hall–Kier alpha value is -4.18. The van der Waals surface area contributed by atoms with Crippen LogP contribution in [0, 0.1) is 6.92 Å². The summed E-state index contributed by atoms with van der Waals surface area (Å²) < 4.78 is 33.6. The van der Waals surface area contributed by atoms with E-state index in [0.717, 1.165) is 9.87 Å². The maximum atomic E-state index is 13.5. The molecule has 0 bridgehead atoms. The SMILES string of the molecule is CCOc1ccccc1N(CC(=O)N/N=C\c1ccc(C(=O)O)cc1)S(=O)(=O)c1ccc(C)cc1. The average Bonchev–Trinajstić information content (AvgIpc) is 2.84. The first-order chi connectivity index (χ1) is 16.7. The number of rotatable bonds is 10. The average molecular weight is 496 g/mol. The Balaban J connectivity index is 1.86. The molecule has 0 radical (unpaired) electrons. The predicted octanol–water partition coefficient (Wildman–Crippen LogP) is 3.44. The number of aryl methyl sites for hydroxylation is 1. The fourth-order valence-corrected chi connectivity index (χ4v) is 4.57. The fourth-order valence-electron chi connectivity index (χ4n) is 3.13. The molecule has 1 amide bonds. The predicted molar refractivity (Wildman–Crippen MR) is 132 cm³/mol. The lowest BCUT2D eigenvalue weighted by Gasteiger charge is -2.25. The molecular formula is C25H25N3O6S. The van der Waals surface area contributed by atoms with Crippen molar-refractivity contribution < 1.29 is 27.9 Å². The van der Waals surface area contributed by atoms with Gasteiger partial charge in [-0.3, -0.25) is 9.10 Å². The highest BCUT2D eigenvalue weighted by molar-refractivity contribution is 7.92. The Morgan fingerprint density at radius 2 is 1.69 bits per heavy atom. The molecule has 9 nitrogen and oxygen atoms in total. The van der Waals surface area contributed by atoms with Gasteiger partial charge in [0.2, 0.25) is 0 Å². The monoisotopic (exact) mass is 495 g/mol. The number of nitrogens with zero attached hydrogens (tertiary/aromatic N) is 2. The Morgan fingerprint density at radius 1 is 1.03 bits per heavy atom. The molecule has 0 unspecified atom stereocenters. The molecule has 0 atom stereocenters. The van der Waals surface area contributed by atoms with Gasteiger partial charge in [-0.15, -0.1) is 0 Å². The molecule has 0 spiro atoms. The molecule has 0 aliphatic heterocycles. The van der Waals surface area contributed by atoms with Gasteiger partial charge in [-0.05, 0) is 55.8 Å². The number of carboxylic acid groups (broad SMARTS) is 1.